The highest BCUT2D eigenvalue weighted by Crippen LogP contribution is 2.27. The van der Waals surface area contributed by atoms with Gasteiger partial charge in [-0.15, -0.1) is 0 Å². The summed E-state index contributed by atoms with van der Waals surface area (Å²) in [4.78, 5) is 12.2. The molecule has 0 fully saturated rings. The second-order valence-corrected chi connectivity index (χ2v) is 4.85. The molecule has 3 aromatic heterocycles. The minimum atomic E-state index is -0.138. The Morgan fingerprint density at radius 3 is 2.95 bits per heavy atom. The molecule has 7 nitrogen and oxygen atoms in total. The number of benzene rings is 1. The Balaban J connectivity index is 1.75. The third-order valence-corrected chi connectivity index (χ3v) is 3.26. The second-order valence-electron chi connectivity index (χ2n) is 4.85. The van der Waals surface area contributed by atoms with Crippen molar-refractivity contribution in [2.75, 3.05) is 0 Å². The third-order valence-electron chi connectivity index (χ3n) is 3.26. The Labute approximate surface area is 124 Å². The Hall–Kier alpha value is -3.22. The van der Waals surface area contributed by atoms with Gasteiger partial charge in [0.2, 0.25) is 5.88 Å². The van der Waals surface area contributed by atoms with Crippen LogP contribution in [-0.4, -0.2) is 29.8 Å². The first-order valence-electron chi connectivity index (χ1n) is 6.61. The fourth-order valence-electron chi connectivity index (χ4n) is 2.28. The predicted octanol–water partition coefficient (Wildman–Crippen LogP) is 2.41. The van der Waals surface area contributed by atoms with Gasteiger partial charge in [-0.25, -0.2) is 0 Å². The number of nitrogens with zero attached hydrogens (tertiary/aromatic N) is 5. The number of pyridine rings is 1. The summed E-state index contributed by atoms with van der Waals surface area (Å²) in [7, 11) is 1.86. The average Bonchev–Trinajstić information content (AvgIpc) is 2.87. The SMILES string of the molecule is Cn1cc2ccc(Oc3nc(O)c4ccncc4n3)cc2n1. The molecule has 0 atom stereocenters. The van der Waals surface area contributed by atoms with Gasteiger partial charge in [-0.2, -0.15) is 15.1 Å². The van der Waals surface area contributed by atoms with E-state index in [1.165, 1.54) is 0 Å². The lowest BCUT2D eigenvalue weighted by Crippen LogP contribution is -1.93. The number of hydrogen-bond acceptors (Lipinski definition) is 6. The zero-order valence-electron chi connectivity index (χ0n) is 11.6. The molecule has 0 radical (unpaired) electrons. The summed E-state index contributed by atoms with van der Waals surface area (Å²) in [5.41, 5.74) is 1.33. The van der Waals surface area contributed by atoms with Crippen molar-refractivity contribution < 1.29 is 9.84 Å². The molecule has 0 bridgehead atoms. The van der Waals surface area contributed by atoms with Crippen LogP contribution in [0, 0.1) is 0 Å². The summed E-state index contributed by atoms with van der Waals surface area (Å²) in [6, 6.07) is 7.21. The smallest absolute Gasteiger partial charge is 0.325 e. The van der Waals surface area contributed by atoms with E-state index in [-0.39, 0.29) is 11.9 Å². The molecular formula is C15H11N5O2. The van der Waals surface area contributed by atoms with Gasteiger partial charge in [-0.1, -0.05) is 0 Å². The van der Waals surface area contributed by atoms with Crippen LogP contribution in [0.3, 0.4) is 0 Å². The van der Waals surface area contributed by atoms with Crippen LogP contribution in [0.5, 0.6) is 17.6 Å². The highest BCUT2D eigenvalue weighted by Gasteiger charge is 2.09. The molecule has 4 aromatic rings. The van der Waals surface area contributed by atoms with Crippen molar-refractivity contribution in [1.82, 2.24) is 24.7 Å². The van der Waals surface area contributed by atoms with E-state index in [4.69, 9.17) is 4.74 Å². The standard InChI is InChI=1S/C15H11N5O2/c1-20-8-9-2-3-10(6-12(9)19-20)22-15-17-13-7-16-5-4-11(13)14(21)18-15/h2-8H,1H3,(H,17,18,21). The molecule has 0 aliphatic heterocycles. The minimum absolute atomic E-state index is 0.0632. The molecule has 22 heavy (non-hydrogen) atoms. The first-order chi connectivity index (χ1) is 10.7. The summed E-state index contributed by atoms with van der Waals surface area (Å²) in [6.07, 6.45) is 5.04. The van der Waals surface area contributed by atoms with Gasteiger partial charge < -0.3 is 9.84 Å². The van der Waals surface area contributed by atoms with Crippen molar-refractivity contribution in [3.63, 3.8) is 0 Å². The number of aromatic nitrogens is 5. The molecule has 0 unspecified atom stereocenters. The number of rotatable bonds is 2. The Kier molecular flexibility index (Phi) is 2.65. The number of hydrogen-bond donors (Lipinski definition) is 1. The van der Waals surface area contributed by atoms with Crippen LogP contribution in [-0.2, 0) is 7.05 Å². The van der Waals surface area contributed by atoms with Gasteiger partial charge in [0.15, 0.2) is 0 Å². The lowest BCUT2D eigenvalue weighted by molar-refractivity contribution is 0.412. The number of aromatic hydroxyl groups is 1. The molecule has 1 aromatic carbocycles. The fraction of sp³-hybridized carbons (Fsp3) is 0.0667. The van der Waals surface area contributed by atoms with Gasteiger partial charge >= 0.3 is 6.01 Å². The molecule has 4 rings (SSSR count). The number of fused-ring (bicyclic) bond motifs is 2. The van der Waals surface area contributed by atoms with Gasteiger partial charge in [0.1, 0.15) is 5.75 Å². The Bertz CT molecular complexity index is 996. The normalized spacial score (nSPS) is 11.1. The van der Waals surface area contributed by atoms with Crippen LogP contribution in [0.1, 0.15) is 0 Å². The van der Waals surface area contributed by atoms with Crippen molar-refractivity contribution in [2.45, 2.75) is 0 Å². The summed E-state index contributed by atoms with van der Waals surface area (Å²) in [6.45, 7) is 0. The van der Waals surface area contributed by atoms with Crippen LogP contribution < -0.4 is 4.74 Å². The number of ether oxygens (including phenoxy) is 1. The van der Waals surface area contributed by atoms with E-state index in [9.17, 15) is 5.11 Å². The highest BCUT2D eigenvalue weighted by molar-refractivity contribution is 5.82. The van der Waals surface area contributed by atoms with Gasteiger partial charge in [-0.3, -0.25) is 9.67 Å². The molecule has 0 saturated heterocycles. The maximum atomic E-state index is 9.93. The molecule has 7 heteroatoms. The van der Waals surface area contributed by atoms with Gasteiger partial charge in [0.05, 0.1) is 22.6 Å². The molecule has 0 saturated carbocycles. The summed E-state index contributed by atoms with van der Waals surface area (Å²) in [5, 5.41) is 15.8. The first kappa shape index (κ1) is 12.5. The first-order valence-corrected chi connectivity index (χ1v) is 6.61. The molecule has 1 N–H and O–H groups in total. The Morgan fingerprint density at radius 2 is 2.05 bits per heavy atom. The maximum Gasteiger partial charge on any atom is 0.325 e. The van der Waals surface area contributed by atoms with E-state index in [1.807, 2.05) is 19.3 Å². The zero-order valence-corrected chi connectivity index (χ0v) is 11.6. The van der Waals surface area contributed by atoms with E-state index in [1.54, 1.807) is 35.3 Å². The van der Waals surface area contributed by atoms with Crippen molar-refractivity contribution >= 4 is 21.8 Å². The van der Waals surface area contributed by atoms with Crippen molar-refractivity contribution in [3.8, 4) is 17.6 Å². The molecule has 0 aliphatic carbocycles. The fourth-order valence-corrected chi connectivity index (χ4v) is 2.28. The van der Waals surface area contributed by atoms with Gasteiger partial charge in [0, 0.05) is 30.9 Å². The van der Waals surface area contributed by atoms with E-state index in [0.717, 1.165) is 10.9 Å². The van der Waals surface area contributed by atoms with E-state index < -0.39 is 0 Å². The molecule has 108 valence electrons. The monoisotopic (exact) mass is 293 g/mol. The van der Waals surface area contributed by atoms with Crippen LogP contribution in [0.25, 0.3) is 21.8 Å². The van der Waals surface area contributed by atoms with Gasteiger partial charge in [0.25, 0.3) is 0 Å². The largest absolute Gasteiger partial charge is 0.493 e. The zero-order chi connectivity index (χ0) is 15.1. The molecular weight excluding hydrogens is 282 g/mol. The molecule has 0 aliphatic rings. The quantitative estimate of drug-likeness (QED) is 0.611. The van der Waals surface area contributed by atoms with Crippen LogP contribution in [0.2, 0.25) is 0 Å². The summed E-state index contributed by atoms with van der Waals surface area (Å²) >= 11 is 0. The van der Waals surface area contributed by atoms with Crippen LogP contribution >= 0.6 is 0 Å². The van der Waals surface area contributed by atoms with E-state index >= 15 is 0 Å². The summed E-state index contributed by atoms with van der Waals surface area (Å²) < 4.78 is 7.36. The predicted molar refractivity (Wildman–Crippen MR) is 79.8 cm³/mol. The minimum Gasteiger partial charge on any atom is -0.493 e. The van der Waals surface area contributed by atoms with Crippen molar-refractivity contribution in [3.05, 3.63) is 42.9 Å². The van der Waals surface area contributed by atoms with Crippen molar-refractivity contribution in [1.29, 1.82) is 0 Å². The van der Waals surface area contributed by atoms with Crippen LogP contribution in [0.15, 0.2) is 42.9 Å². The Morgan fingerprint density at radius 1 is 1.14 bits per heavy atom. The van der Waals surface area contributed by atoms with E-state index in [0.29, 0.717) is 16.7 Å². The average molecular weight is 293 g/mol. The van der Waals surface area contributed by atoms with Crippen molar-refractivity contribution in [2.24, 2.45) is 7.05 Å². The molecule has 3 heterocycles. The lowest BCUT2D eigenvalue weighted by Gasteiger charge is -2.05. The summed E-state index contributed by atoms with van der Waals surface area (Å²) in [5.74, 6) is 0.412. The molecule has 0 amide bonds. The second kappa shape index (κ2) is 4.66. The lowest BCUT2D eigenvalue weighted by atomic mass is 10.2. The maximum absolute atomic E-state index is 9.93. The third kappa shape index (κ3) is 2.08. The topological polar surface area (TPSA) is 86.0 Å². The van der Waals surface area contributed by atoms with Gasteiger partial charge in [-0.05, 0) is 18.2 Å². The van der Waals surface area contributed by atoms with Crippen LogP contribution in [0.4, 0.5) is 0 Å². The molecule has 0 spiro atoms. The highest BCUT2D eigenvalue weighted by atomic mass is 16.5. The van der Waals surface area contributed by atoms with E-state index in [2.05, 4.69) is 20.1 Å². The number of aryl methyl sites for hydroxylation is 1.